The second-order valence-corrected chi connectivity index (χ2v) is 5.80. The number of aliphatic hydroxyl groups excluding tert-OH is 1. The maximum atomic E-state index is 9.47. The Bertz CT molecular complexity index is 191. The van der Waals surface area contributed by atoms with Gasteiger partial charge in [-0.15, -0.1) is 0 Å². The second-order valence-electron chi connectivity index (χ2n) is 5.80. The summed E-state index contributed by atoms with van der Waals surface area (Å²) in [7, 11) is 0. The van der Waals surface area contributed by atoms with Gasteiger partial charge in [-0.05, 0) is 57.3 Å². The molecule has 0 spiro atoms. The Balaban J connectivity index is 1.66. The van der Waals surface area contributed by atoms with Gasteiger partial charge in [0.25, 0.3) is 0 Å². The minimum absolute atomic E-state index is 0.0196. The van der Waals surface area contributed by atoms with Crippen LogP contribution in [-0.4, -0.2) is 23.3 Å². The van der Waals surface area contributed by atoms with Crippen molar-refractivity contribution in [3.05, 3.63) is 0 Å². The summed E-state index contributed by atoms with van der Waals surface area (Å²) >= 11 is 0. The van der Waals surface area contributed by atoms with E-state index < -0.39 is 0 Å². The molecule has 2 aliphatic rings. The Morgan fingerprint density at radius 3 is 1.88 bits per heavy atom. The van der Waals surface area contributed by atoms with Crippen molar-refractivity contribution in [1.82, 2.24) is 5.32 Å². The zero-order valence-corrected chi connectivity index (χ0v) is 10.6. The van der Waals surface area contributed by atoms with Crippen LogP contribution in [0.5, 0.6) is 0 Å². The second kappa shape index (κ2) is 6.02. The molecule has 0 aromatic rings. The van der Waals surface area contributed by atoms with Crippen LogP contribution in [-0.2, 0) is 0 Å². The third-order valence-corrected chi connectivity index (χ3v) is 4.59. The average molecular weight is 225 g/mol. The van der Waals surface area contributed by atoms with Gasteiger partial charge in [0.05, 0.1) is 6.10 Å². The highest BCUT2D eigenvalue weighted by atomic mass is 16.3. The number of hydrogen-bond acceptors (Lipinski definition) is 2. The number of nitrogens with one attached hydrogen (secondary N) is 1. The third-order valence-electron chi connectivity index (χ3n) is 4.59. The van der Waals surface area contributed by atoms with Crippen LogP contribution in [0.15, 0.2) is 0 Å². The zero-order valence-electron chi connectivity index (χ0n) is 10.6. The van der Waals surface area contributed by atoms with Crippen LogP contribution in [0, 0.1) is 5.92 Å². The highest BCUT2D eigenvalue weighted by Gasteiger charge is 2.24. The monoisotopic (exact) mass is 225 g/mol. The van der Waals surface area contributed by atoms with Crippen LogP contribution >= 0.6 is 0 Å². The normalized spacial score (nSPS) is 40.9. The summed E-state index contributed by atoms with van der Waals surface area (Å²) in [6.45, 7) is 2.32. The van der Waals surface area contributed by atoms with E-state index in [1.807, 2.05) is 0 Å². The van der Waals surface area contributed by atoms with Crippen LogP contribution < -0.4 is 5.32 Å². The van der Waals surface area contributed by atoms with Gasteiger partial charge >= 0.3 is 0 Å². The van der Waals surface area contributed by atoms with Crippen molar-refractivity contribution < 1.29 is 5.11 Å². The molecule has 0 bridgehead atoms. The molecule has 94 valence electrons. The van der Waals surface area contributed by atoms with E-state index in [0.717, 1.165) is 24.8 Å². The minimum Gasteiger partial charge on any atom is -0.393 e. The Morgan fingerprint density at radius 2 is 1.38 bits per heavy atom. The fourth-order valence-electron chi connectivity index (χ4n) is 3.31. The molecule has 2 fully saturated rings. The lowest BCUT2D eigenvalue weighted by molar-refractivity contribution is 0.111. The fraction of sp³-hybridized carbons (Fsp3) is 1.00. The van der Waals surface area contributed by atoms with Crippen LogP contribution in [0.1, 0.15) is 64.7 Å². The predicted octanol–water partition coefficient (Wildman–Crippen LogP) is 2.85. The molecule has 0 radical (unpaired) electrons. The molecule has 0 unspecified atom stereocenters. The maximum Gasteiger partial charge on any atom is 0.0541 e. The summed E-state index contributed by atoms with van der Waals surface area (Å²) in [6, 6.07) is 1.45. The molecule has 2 nitrogen and oxygen atoms in total. The van der Waals surface area contributed by atoms with E-state index in [4.69, 9.17) is 0 Å². The van der Waals surface area contributed by atoms with Crippen LogP contribution in [0.3, 0.4) is 0 Å². The smallest absolute Gasteiger partial charge is 0.0541 e. The molecule has 0 aromatic heterocycles. The zero-order chi connectivity index (χ0) is 11.4. The predicted molar refractivity (Wildman–Crippen MR) is 67.4 cm³/mol. The van der Waals surface area contributed by atoms with Gasteiger partial charge in [0.1, 0.15) is 0 Å². The van der Waals surface area contributed by atoms with Crippen molar-refractivity contribution in [2.75, 3.05) is 0 Å². The molecule has 0 heterocycles. The van der Waals surface area contributed by atoms with E-state index >= 15 is 0 Å². The molecule has 2 rings (SSSR count). The molecule has 0 aliphatic heterocycles. The summed E-state index contributed by atoms with van der Waals surface area (Å²) in [6.07, 6.45) is 11.3. The van der Waals surface area contributed by atoms with Gasteiger partial charge in [0.2, 0.25) is 0 Å². The number of hydrogen-bond donors (Lipinski definition) is 2. The largest absolute Gasteiger partial charge is 0.393 e. The van der Waals surface area contributed by atoms with Gasteiger partial charge < -0.3 is 10.4 Å². The Morgan fingerprint density at radius 1 is 0.875 bits per heavy atom. The minimum atomic E-state index is -0.0196. The molecule has 2 saturated carbocycles. The molecule has 2 aliphatic carbocycles. The summed E-state index contributed by atoms with van der Waals surface area (Å²) < 4.78 is 0. The first-order valence-electron chi connectivity index (χ1n) is 7.22. The Hall–Kier alpha value is -0.0800. The summed E-state index contributed by atoms with van der Waals surface area (Å²) in [5, 5.41) is 13.3. The topological polar surface area (TPSA) is 32.3 Å². The summed E-state index contributed by atoms with van der Waals surface area (Å²) in [5.41, 5.74) is 0. The average Bonchev–Trinajstić information content (AvgIpc) is 2.33. The summed E-state index contributed by atoms with van der Waals surface area (Å²) in [4.78, 5) is 0. The van der Waals surface area contributed by atoms with E-state index in [2.05, 4.69) is 12.2 Å². The fourth-order valence-corrected chi connectivity index (χ4v) is 3.31. The Labute approximate surface area is 99.8 Å². The first kappa shape index (κ1) is 12.4. The van der Waals surface area contributed by atoms with Gasteiger partial charge in [-0.1, -0.05) is 13.3 Å². The van der Waals surface area contributed by atoms with Crippen molar-refractivity contribution in [3.63, 3.8) is 0 Å². The van der Waals surface area contributed by atoms with Crippen LogP contribution in [0.25, 0.3) is 0 Å². The van der Waals surface area contributed by atoms with Gasteiger partial charge in [-0.25, -0.2) is 0 Å². The van der Waals surface area contributed by atoms with Gasteiger partial charge in [0.15, 0.2) is 0 Å². The van der Waals surface area contributed by atoms with Gasteiger partial charge in [-0.2, -0.15) is 0 Å². The van der Waals surface area contributed by atoms with Crippen LogP contribution in [0.2, 0.25) is 0 Å². The number of rotatable bonds is 3. The molecule has 0 aromatic carbocycles. The lowest BCUT2D eigenvalue weighted by Gasteiger charge is -2.34. The van der Waals surface area contributed by atoms with E-state index in [0.29, 0.717) is 6.04 Å². The molecule has 0 amide bonds. The number of aliphatic hydroxyl groups is 1. The van der Waals surface area contributed by atoms with Crippen molar-refractivity contribution >= 4 is 0 Å². The first-order chi connectivity index (χ1) is 7.78. The molecular formula is C14H27NO. The SMILES string of the molecule is CCC1CCC(NC2CCC(O)CC2)CC1. The van der Waals surface area contributed by atoms with Crippen molar-refractivity contribution in [2.45, 2.75) is 82.9 Å². The van der Waals surface area contributed by atoms with E-state index in [1.165, 1.54) is 44.9 Å². The molecule has 0 atom stereocenters. The first-order valence-corrected chi connectivity index (χ1v) is 7.22. The third kappa shape index (κ3) is 3.46. The van der Waals surface area contributed by atoms with E-state index in [-0.39, 0.29) is 6.10 Å². The maximum absolute atomic E-state index is 9.47. The van der Waals surface area contributed by atoms with Crippen molar-refractivity contribution in [3.8, 4) is 0 Å². The Kier molecular flexibility index (Phi) is 4.66. The lowest BCUT2D eigenvalue weighted by Crippen LogP contribution is -2.42. The van der Waals surface area contributed by atoms with E-state index in [1.54, 1.807) is 0 Å². The highest BCUT2D eigenvalue weighted by Crippen LogP contribution is 2.28. The lowest BCUT2D eigenvalue weighted by atomic mass is 9.83. The van der Waals surface area contributed by atoms with Crippen LogP contribution in [0.4, 0.5) is 0 Å². The van der Waals surface area contributed by atoms with Crippen molar-refractivity contribution in [2.24, 2.45) is 5.92 Å². The highest BCUT2D eigenvalue weighted by molar-refractivity contribution is 4.83. The molecule has 16 heavy (non-hydrogen) atoms. The summed E-state index contributed by atoms with van der Waals surface area (Å²) in [5.74, 6) is 0.992. The molecule has 0 saturated heterocycles. The van der Waals surface area contributed by atoms with Gasteiger partial charge in [-0.3, -0.25) is 0 Å². The van der Waals surface area contributed by atoms with Gasteiger partial charge in [0, 0.05) is 12.1 Å². The van der Waals surface area contributed by atoms with E-state index in [9.17, 15) is 5.11 Å². The molecular weight excluding hydrogens is 198 g/mol. The molecule has 2 heteroatoms. The quantitative estimate of drug-likeness (QED) is 0.774. The molecule has 2 N–H and O–H groups in total. The van der Waals surface area contributed by atoms with Crippen molar-refractivity contribution in [1.29, 1.82) is 0 Å². The standard InChI is InChI=1S/C14H27NO/c1-2-11-3-5-12(6-4-11)15-13-7-9-14(16)10-8-13/h11-16H,2-10H2,1H3.